The molecule has 13 aromatic rings. The number of hydrogen-bond acceptors (Lipinski definition) is 6. The number of pyridine rings is 4. The summed E-state index contributed by atoms with van der Waals surface area (Å²) in [5.41, 5.74) is 26.1. The Hall–Kier alpha value is -8.82. The normalized spacial score (nSPS) is 12.4. The van der Waals surface area contributed by atoms with Gasteiger partial charge in [-0.3, -0.25) is 19.9 Å². The zero-order chi connectivity index (χ0) is 53.4. The summed E-state index contributed by atoms with van der Waals surface area (Å²) in [4.78, 5) is 31.4. The van der Waals surface area contributed by atoms with Gasteiger partial charge < -0.3 is 13.7 Å². The SMILES string of the molecule is Cc1cc(C)c(-c2cc(-c3cc(-n4c5cccnc5c5ncccc54)c(-n4c5ccc(C(C)(C)C)cc5c5cc(C(C)(C)C)ccc54)c(-n4c5cccnc5c5ncccc54)c3)nc(-c3c(C)cc(C)cc3C)n2)c(C)c1. The number of benzene rings is 5. The van der Waals surface area contributed by atoms with Crippen molar-refractivity contribution in [3.8, 4) is 51.0 Å². The summed E-state index contributed by atoms with van der Waals surface area (Å²) in [6.45, 7) is 26.8. The summed E-state index contributed by atoms with van der Waals surface area (Å²) < 4.78 is 7.24. The van der Waals surface area contributed by atoms with Crippen molar-refractivity contribution in [1.29, 1.82) is 0 Å². The third-order valence-corrected chi connectivity index (χ3v) is 15.7. The van der Waals surface area contributed by atoms with Gasteiger partial charge in [-0.05, 0) is 177 Å². The van der Waals surface area contributed by atoms with Gasteiger partial charge in [0.15, 0.2) is 5.82 Å². The molecule has 0 bridgehead atoms. The van der Waals surface area contributed by atoms with E-state index in [1.165, 1.54) is 44.2 Å². The lowest BCUT2D eigenvalue weighted by molar-refractivity contribution is 0.590. The molecule has 378 valence electrons. The van der Waals surface area contributed by atoms with Gasteiger partial charge in [-0.1, -0.05) is 89.1 Å². The highest BCUT2D eigenvalue weighted by molar-refractivity contribution is 6.12. The summed E-state index contributed by atoms with van der Waals surface area (Å²) in [5.74, 6) is 0.682. The lowest BCUT2D eigenvalue weighted by Gasteiger charge is -2.24. The Balaban J connectivity index is 1.27. The first-order valence-corrected chi connectivity index (χ1v) is 26.7. The van der Waals surface area contributed by atoms with Gasteiger partial charge in [0.1, 0.15) is 22.1 Å². The van der Waals surface area contributed by atoms with E-state index in [4.69, 9.17) is 29.9 Å². The molecule has 0 spiro atoms. The maximum absolute atomic E-state index is 5.69. The van der Waals surface area contributed by atoms with E-state index in [1.807, 2.05) is 49.1 Å². The standard InChI is InChI=1S/C68H61N9/c1-38-29-40(3)59(41(4)30-38)50-37-49(73-66(74-50)60-42(5)31-39(2)32-43(60)6)44-33-57(75-53-17-13-25-69-61(53)62-54(75)18-14-26-70-62)65(58(34-44)76-55-19-15-27-71-63(55)64-56(76)20-16-28-72-64)77-51-23-21-45(67(7,8)9)35-47(51)48-36-46(68(10,11)12)22-24-52(48)77/h13-37H,1-12H3. The molecule has 9 nitrogen and oxygen atoms in total. The molecule has 0 N–H and O–H groups in total. The summed E-state index contributed by atoms with van der Waals surface area (Å²) in [6, 6.07) is 46.8. The predicted octanol–water partition coefficient (Wildman–Crippen LogP) is 16.8. The van der Waals surface area contributed by atoms with E-state index in [2.05, 4.69) is 200 Å². The predicted molar refractivity (Wildman–Crippen MR) is 318 cm³/mol. The van der Waals surface area contributed by atoms with Crippen molar-refractivity contribution in [2.75, 3.05) is 0 Å². The minimum atomic E-state index is -0.0886. The maximum Gasteiger partial charge on any atom is 0.160 e. The smallest absolute Gasteiger partial charge is 0.160 e. The van der Waals surface area contributed by atoms with E-state index < -0.39 is 0 Å². The molecule has 0 amide bonds. The fourth-order valence-electron chi connectivity index (χ4n) is 12.3. The van der Waals surface area contributed by atoms with Crippen LogP contribution in [0.5, 0.6) is 0 Å². The third kappa shape index (κ3) is 7.65. The average molecular weight is 1000 g/mol. The first kappa shape index (κ1) is 47.9. The van der Waals surface area contributed by atoms with Crippen LogP contribution in [0.25, 0.3) is 117 Å². The van der Waals surface area contributed by atoms with Gasteiger partial charge in [0.25, 0.3) is 0 Å². The first-order valence-electron chi connectivity index (χ1n) is 26.7. The number of aryl methyl sites for hydroxylation is 6. The lowest BCUT2D eigenvalue weighted by atomic mass is 9.85. The van der Waals surface area contributed by atoms with Gasteiger partial charge >= 0.3 is 0 Å². The van der Waals surface area contributed by atoms with Gasteiger partial charge in [0.2, 0.25) is 0 Å². The van der Waals surface area contributed by atoms with Crippen LogP contribution in [-0.2, 0) is 10.8 Å². The van der Waals surface area contributed by atoms with Crippen LogP contribution < -0.4 is 0 Å². The van der Waals surface area contributed by atoms with Crippen LogP contribution in [-0.4, -0.2) is 43.6 Å². The molecule has 13 rings (SSSR count). The van der Waals surface area contributed by atoms with E-state index in [0.717, 1.165) is 111 Å². The Kier molecular flexibility index (Phi) is 10.8. The van der Waals surface area contributed by atoms with Crippen molar-refractivity contribution < 1.29 is 0 Å². The quantitative estimate of drug-likeness (QED) is 0.165. The molecule has 0 fully saturated rings. The first-order chi connectivity index (χ1) is 36.9. The second-order valence-corrected chi connectivity index (χ2v) is 23.3. The monoisotopic (exact) mass is 1000 g/mol. The molecule has 0 unspecified atom stereocenters. The van der Waals surface area contributed by atoms with Gasteiger partial charge in [-0.2, -0.15) is 0 Å². The van der Waals surface area contributed by atoms with Crippen LogP contribution >= 0.6 is 0 Å². The maximum atomic E-state index is 5.69. The number of fused-ring (bicyclic) bond motifs is 9. The van der Waals surface area contributed by atoms with E-state index in [-0.39, 0.29) is 10.8 Å². The Labute approximate surface area is 449 Å². The highest BCUT2D eigenvalue weighted by Crippen LogP contribution is 2.46. The molecule has 8 heterocycles. The van der Waals surface area contributed by atoms with E-state index in [9.17, 15) is 0 Å². The van der Waals surface area contributed by atoms with Gasteiger partial charge in [-0.15, -0.1) is 0 Å². The zero-order valence-electron chi connectivity index (χ0n) is 46.0. The summed E-state index contributed by atoms with van der Waals surface area (Å²) >= 11 is 0. The molecule has 0 saturated carbocycles. The number of rotatable bonds is 6. The van der Waals surface area contributed by atoms with Crippen LogP contribution in [0.1, 0.15) is 86.1 Å². The van der Waals surface area contributed by atoms with Crippen LogP contribution in [0, 0.1) is 41.5 Å². The molecular weight excluding hydrogens is 943 g/mol. The van der Waals surface area contributed by atoms with Gasteiger partial charge in [0.05, 0.1) is 61.6 Å². The highest BCUT2D eigenvalue weighted by Gasteiger charge is 2.29. The molecule has 77 heavy (non-hydrogen) atoms. The minimum Gasteiger partial charge on any atom is -0.305 e. The number of aromatic nitrogens is 9. The molecule has 9 heteroatoms. The van der Waals surface area contributed by atoms with E-state index >= 15 is 0 Å². The van der Waals surface area contributed by atoms with Crippen molar-refractivity contribution >= 4 is 65.9 Å². The van der Waals surface area contributed by atoms with Gasteiger partial charge in [0, 0.05) is 52.3 Å². The second-order valence-electron chi connectivity index (χ2n) is 23.3. The summed E-state index contributed by atoms with van der Waals surface area (Å²) in [7, 11) is 0. The molecule has 8 aromatic heterocycles. The topological polar surface area (TPSA) is 92.1 Å². The van der Waals surface area contributed by atoms with Crippen molar-refractivity contribution in [1.82, 2.24) is 43.6 Å². The number of hydrogen-bond donors (Lipinski definition) is 0. The number of nitrogens with zero attached hydrogens (tertiary/aromatic N) is 9. The Morgan fingerprint density at radius 2 is 0.740 bits per heavy atom. The fraction of sp³-hybridized carbons (Fsp3) is 0.206. The van der Waals surface area contributed by atoms with Crippen LogP contribution in [0.2, 0.25) is 0 Å². The van der Waals surface area contributed by atoms with Gasteiger partial charge in [-0.25, -0.2) is 9.97 Å². The van der Waals surface area contributed by atoms with Crippen LogP contribution in [0.4, 0.5) is 0 Å². The Morgan fingerprint density at radius 1 is 0.364 bits per heavy atom. The molecule has 0 aliphatic rings. The van der Waals surface area contributed by atoms with Crippen LogP contribution in [0.15, 0.2) is 152 Å². The molecule has 0 aliphatic carbocycles. The molecule has 0 atom stereocenters. The van der Waals surface area contributed by atoms with E-state index in [0.29, 0.717) is 5.82 Å². The highest BCUT2D eigenvalue weighted by atomic mass is 15.1. The Morgan fingerprint density at radius 3 is 1.13 bits per heavy atom. The second kappa shape index (κ2) is 17.4. The van der Waals surface area contributed by atoms with Crippen LogP contribution in [0.3, 0.4) is 0 Å². The molecule has 0 saturated heterocycles. The average Bonchev–Trinajstić information content (AvgIpc) is 4.26. The summed E-state index contributed by atoms with van der Waals surface area (Å²) in [6.07, 6.45) is 7.45. The Bertz CT molecular complexity index is 4170. The molecule has 5 aromatic carbocycles. The van der Waals surface area contributed by atoms with Crippen molar-refractivity contribution in [2.45, 2.75) is 93.9 Å². The van der Waals surface area contributed by atoms with Crippen molar-refractivity contribution in [3.63, 3.8) is 0 Å². The zero-order valence-corrected chi connectivity index (χ0v) is 46.0. The molecular formula is C68H61N9. The minimum absolute atomic E-state index is 0.0886. The molecule has 0 radical (unpaired) electrons. The fourth-order valence-corrected chi connectivity index (χ4v) is 12.3. The van der Waals surface area contributed by atoms with E-state index in [1.54, 1.807) is 0 Å². The van der Waals surface area contributed by atoms with Crippen molar-refractivity contribution in [2.24, 2.45) is 0 Å². The molecule has 0 aliphatic heterocycles. The third-order valence-electron chi connectivity index (χ3n) is 15.7. The van der Waals surface area contributed by atoms with Crippen molar-refractivity contribution in [3.05, 3.63) is 197 Å². The lowest BCUT2D eigenvalue weighted by Crippen LogP contribution is -2.12. The largest absolute Gasteiger partial charge is 0.305 e. The summed E-state index contributed by atoms with van der Waals surface area (Å²) in [5, 5.41) is 2.38.